The molecule has 0 saturated carbocycles. The van der Waals surface area contributed by atoms with Crippen molar-refractivity contribution in [3.8, 4) is 23.3 Å². The number of nitrogens with one attached hydrogen (secondary N) is 1. The lowest BCUT2D eigenvalue weighted by atomic mass is 10.1. The van der Waals surface area contributed by atoms with E-state index in [0.717, 1.165) is 28.2 Å². The number of nitrogens with zero attached hydrogens (tertiary/aromatic N) is 2. The average Bonchev–Trinajstić information content (AvgIpc) is 3.10. The van der Waals surface area contributed by atoms with Crippen molar-refractivity contribution in [3.63, 3.8) is 0 Å². The van der Waals surface area contributed by atoms with Gasteiger partial charge in [0.05, 0.1) is 14.2 Å². The number of benzene rings is 2. The summed E-state index contributed by atoms with van der Waals surface area (Å²) in [5.74, 6) is 0.832. The van der Waals surface area contributed by atoms with Crippen LogP contribution in [-0.4, -0.2) is 24.7 Å². The smallest absolute Gasteiger partial charge is 0.262 e. The zero-order valence-electron chi connectivity index (χ0n) is 19.9. The van der Waals surface area contributed by atoms with Crippen LogP contribution in [0.5, 0.6) is 11.5 Å². The summed E-state index contributed by atoms with van der Waals surface area (Å²) >= 11 is 0. The highest BCUT2D eigenvalue weighted by Gasteiger charge is 2.15. The zero-order valence-corrected chi connectivity index (χ0v) is 19.9. The molecule has 6 heteroatoms. The second kappa shape index (κ2) is 10.1. The van der Waals surface area contributed by atoms with Gasteiger partial charge in [-0.25, -0.2) is 0 Å². The van der Waals surface area contributed by atoms with Gasteiger partial charge >= 0.3 is 0 Å². The molecule has 1 heterocycles. The molecular weight excluding hydrogens is 414 g/mol. The molecule has 0 aliphatic carbocycles. The second-order valence-corrected chi connectivity index (χ2v) is 7.96. The number of methoxy groups -OCH3 is 2. The van der Waals surface area contributed by atoms with Crippen LogP contribution in [0.1, 0.15) is 33.6 Å². The number of rotatable bonds is 7. The van der Waals surface area contributed by atoms with Crippen LogP contribution in [0, 0.1) is 39.0 Å². The van der Waals surface area contributed by atoms with Crippen molar-refractivity contribution < 1.29 is 14.3 Å². The summed E-state index contributed by atoms with van der Waals surface area (Å²) in [6, 6.07) is 15.7. The first-order valence-electron chi connectivity index (χ1n) is 10.7. The predicted molar refractivity (Wildman–Crippen MR) is 130 cm³/mol. The van der Waals surface area contributed by atoms with Gasteiger partial charge < -0.3 is 19.4 Å². The van der Waals surface area contributed by atoms with Crippen molar-refractivity contribution in [2.24, 2.45) is 0 Å². The van der Waals surface area contributed by atoms with Gasteiger partial charge in [0.2, 0.25) is 0 Å². The first kappa shape index (κ1) is 23.7. The Morgan fingerprint density at radius 2 is 1.79 bits per heavy atom. The Morgan fingerprint density at radius 3 is 2.42 bits per heavy atom. The first-order chi connectivity index (χ1) is 15.8. The number of aryl methyl sites for hydroxylation is 3. The van der Waals surface area contributed by atoms with E-state index in [1.807, 2.05) is 32.0 Å². The van der Waals surface area contributed by atoms with E-state index < -0.39 is 5.91 Å². The Labute approximate surface area is 195 Å². The number of carbonyl (C=O) groups excluding carboxylic acids is 1. The lowest BCUT2D eigenvalue weighted by Gasteiger charge is -2.12. The SMILES string of the molecule is COc1ccc(CNC(=O)/C(C#N)=C/c2cc(C)n(-c3ccc(C)c(C)c3)c2C)c(OC)c1. The van der Waals surface area contributed by atoms with Crippen LogP contribution >= 0.6 is 0 Å². The van der Waals surface area contributed by atoms with Crippen molar-refractivity contribution >= 4 is 12.0 Å². The highest BCUT2D eigenvalue weighted by atomic mass is 16.5. The van der Waals surface area contributed by atoms with E-state index in [0.29, 0.717) is 11.5 Å². The molecule has 0 fully saturated rings. The minimum absolute atomic E-state index is 0.0443. The van der Waals surface area contributed by atoms with Gasteiger partial charge in [-0.05, 0) is 80.8 Å². The summed E-state index contributed by atoms with van der Waals surface area (Å²) < 4.78 is 12.7. The highest BCUT2D eigenvalue weighted by molar-refractivity contribution is 6.01. The lowest BCUT2D eigenvalue weighted by molar-refractivity contribution is -0.117. The molecule has 1 aromatic heterocycles. The molecule has 3 aromatic rings. The van der Waals surface area contributed by atoms with E-state index in [9.17, 15) is 10.1 Å². The number of hydrogen-bond acceptors (Lipinski definition) is 4. The maximum Gasteiger partial charge on any atom is 0.262 e. The molecule has 0 atom stereocenters. The molecule has 170 valence electrons. The Morgan fingerprint density at radius 1 is 1.03 bits per heavy atom. The van der Waals surface area contributed by atoms with Gasteiger partial charge in [0.15, 0.2) is 0 Å². The molecule has 0 spiro atoms. The Bertz CT molecular complexity index is 1260. The summed E-state index contributed by atoms with van der Waals surface area (Å²) in [6.07, 6.45) is 1.64. The Hall–Kier alpha value is -3.98. The van der Waals surface area contributed by atoms with Gasteiger partial charge in [0.25, 0.3) is 5.91 Å². The van der Waals surface area contributed by atoms with E-state index in [4.69, 9.17) is 9.47 Å². The molecule has 0 aliphatic heterocycles. The van der Waals surface area contributed by atoms with E-state index in [1.54, 1.807) is 32.4 Å². The van der Waals surface area contributed by atoms with Crippen LogP contribution in [0.4, 0.5) is 0 Å². The molecular formula is C27H29N3O3. The van der Waals surface area contributed by atoms with Crippen LogP contribution in [0.15, 0.2) is 48.0 Å². The number of nitriles is 1. The molecule has 3 rings (SSSR count). The lowest BCUT2D eigenvalue weighted by Crippen LogP contribution is -2.24. The average molecular weight is 444 g/mol. The van der Waals surface area contributed by atoms with Gasteiger partial charge in [-0.3, -0.25) is 4.79 Å². The molecule has 6 nitrogen and oxygen atoms in total. The van der Waals surface area contributed by atoms with Crippen LogP contribution in [0.3, 0.4) is 0 Å². The third kappa shape index (κ3) is 5.09. The minimum Gasteiger partial charge on any atom is -0.497 e. The zero-order chi connectivity index (χ0) is 24.1. The summed E-state index contributed by atoms with van der Waals surface area (Å²) in [7, 11) is 3.14. The standard InChI is InChI=1S/C27H29N3O3/c1-17-7-9-24(11-18(17)2)30-19(3)12-22(20(30)4)13-23(15-28)27(31)29-16-21-8-10-25(32-5)14-26(21)33-6/h7-14H,16H2,1-6H3,(H,29,31)/b23-13+. The fraction of sp³-hybridized carbons (Fsp3) is 0.259. The van der Waals surface area contributed by atoms with Crippen LogP contribution in [0.25, 0.3) is 11.8 Å². The summed E-state index contributed by atoms with van der Waals surface area (Å²) in [6.45, 7) is 8.41. The van der Waals surface area contributed by atoms with Gasteiger partial charge in [-0.15, -0.1) is 0 Å². The topological polar surface area (TPSA) is 76.3 Å². The van der Waals surface area contributed by atoms with E-state index in [2.05, 4.69) is 41.9 Å². The Balaban J connectivity index is 1.84. The number of amides is 1. The second-order valence-electron chi connectivity index (χ2n) is 7.96. The molecule has 0 bridgehead atoms. The highest BCUT2D eigenvalue weighted by Crippen LogP contribution is 2.26. The number of carbonyl (C=O) groups is 1. The molecule has 1 amide bonds. The number of aromatic nitrogens is 1. The van der Waals surface area contributed by atoms with Crippen molar-refractivity contribution in [3.05, 3.63) is 81.7 Å². The van der Waals surface area contributed by atoms with Crippen LogP contribution in [-0.2, 0) is 11.3 Å². The fourth-order valence-corrected chi connectivity index (χ4v) is 3.77. The fourth-order valence-electron chi connectivity index (χ4n) is 3.77. The molecule has 0 saturated heterocycles. The number of hydrogen-bond donors (Lipinski definition) is 1. The van der Waals surface area contributed by atoms with Crippen molar-refractivity contribution in [2.75, 3.05) is 14.2 Å². The third-order valence-electron chi connectivity index (χ3n) is 5.82. The van der Waals surface area contributed by atoms with Gasteiger partial charge in [-0.1, -0.05) is 6.07 Å². The van der Waals surface area contributed by atoms with Crippen molar-refractivity contribution in [1.82, 2.24) is 9.88 Å². The predicted octanol–water partition coefficient (Wildman–Crippen LogP) is 4.95. The maximum atomic E-state index is 12.8. The van der Waals surface area contributed by atoms with Crippen LogP contribution < -0.4 is 14.8 Å². The quantitative estimate of drug-likeness (QED) is 0.414. The van der Waals surface area contributed by atoms with E-state index in [-0.39, 0.29) is 12.1 Å². The monoisotopic (exact) mass is 443 g/mol. The van der Waals surface area contributed by atoms with Crippen molar-refractivity contribution in [2.45, 2.75) is 34.2 Å². The molecule has 2 aromatic carbocycles. The van der Waals surface area contributed by atoms with Gasteiger partial charge in [-0.2, -0.15) is 5.26 Å². The largest absolute Gasteiger partial charge is 0.497 e. The van der Waals surface area contributed by atoms with E-state index >= 15 is 0 Å². The molecule has 0 radical (unpaired) electrons. The molecule has 0 unspecified atom stereocenters. The summed E-state index contributed by atoms with van der Waals surface area (Å²) in [5, 5.41) is 12.5. The van der Waals surface area contributed by atoms with Crippen LogP contribution in [0.2, 0.25) is 0 Å². The maximum absolute atomic E-state index is 12.8. The summed E-state index contributed by atoms with van der Waals surface area (Å²) in [4.78, 5) is 12.8. The Kier molecular flexibility index (Phi) is 7.24. The molecule has 33 heavy (non-hydrogen) atoms. The summed E-state index contributed by atoms with van der Waals surface area (Å²) in [5.41, 5.74) is 7.17. The van der Waals surface area contributed by atoms with Gasteiger partial charge in [0, 0.05) is 35.2 Å². The van der Waals surface area contributed by atoms with Crippen molar-refractivity contribution in [1.29, 1.82) is 5.26 Å². The first-order valence-corrected chi connectivity index (χ1v) is 10.7. The molecule has 1 N–H and O–H groups in total. The van der Waals surface area contributed by atoms with Gasteiger partial charge in [0.1, 0.15) is 23.1 Å². The molecule has 0 aliphatic rings. The third-order valence-corrected chi connectivity index (χ3v) is 5.82. The normalized spacial score (nSPS) is 11.1. The number of ether oxygens (including phenoxy) is 2. The minimum atomic E-state index is -0.439. The van der Waals surface area contributed by atoms with E-state index in [1.165, 1.54) is 11.1 Å².